The van der Waals surface area contributed by atoms with Gasteiger partial charge in [0.2, 0.25) is 0 Å². The molecule has 4 N–H and O–H groups in total. The van der Waals surface area contributed by atoms with Gasteiger partial charge in [0.1, 0.15) is 6.10 Å². The molecule has 2 amide bonds. The van der Waals surface area contributed by atoms with Gasteiger partial charge in [-0.2, -0.15) is 0 Å². The van der Waals surface area contributed by atoms with E-state index in [9.17, 15) is 19.8 Å². The molecule has 0 bridgehead atoms. The minimum absolute atomic E-state index is 0.278. The van der Waals surface area contributed by atoms with E-state index < -0.39 is 24.2 Å². The maximum absolute atomic E-state index is 12.5. The molecule has 0 saturated carbocycles. The summed E-state index contributed by atoms with van der Waals surface area (Å²) in [6.45, 7) is 2.42. The van der Waals surface area contributed by atoms with Gasteiger partial charge in [-0.25, -0.2) is 0 Å². The lowest BCUT2D eigenvalue weighted by Crippen LogP contribution is -2.54. The highest BCUT2D eigenvalue weighted by molar-refractivity contribution is 5.94. The van der Waals surface area contributed by atoms with E-state index in [0.29, 0.717) is 12.1 Å². The number of hydrogen-bond donors (Lipinski definition) is 4. The van der Waals surface area contributed by atoms with Gasteiger partial charge < -0.3 is 20.8 Å². The molecular weight excluding hydrogens is 356 g/mol. The smallest absolute Gasteiger partial charge is 0.251 e. The van der Waals surface area contributed by atoms with Crippen molar-refractivity contribution in [3.8, 4) is 0 Å². The van der Waals surface area contributed by atoms with Crippen LogP contribution in [0, 0.1) is 0 Å². The van der Waals surface area contributed by atoms with Gasteiger partial charge in [-0.3, -0.25) is 9.59 Å². The summed E-state index contributed by atoms with van der Waals surface area (Å²) in [6, 6.07) is 17.1. The number of hydrogen-bond acceptors (Lipinski definition) is 4. The van der Waals surface area contributed by atoms with Gasteiger partial charge in [-0.15, -0.1) is 0 Å². The molecule has 0 fully saturated rings. The van der Waals surface area contributed by atoms with Gasteiger partial charge in [-0.05, 0) is 30.5 Å². The lowest BCUT2D eigenvalue weighted by atomic mass is 9.96. The summed E-state index contributed by atoms with van der Waals surface area (Å²) in [7, 11) is 0. The van der Waals surface area contributed by atoms with Crippen LogP contribution in [0.1, 0.15) is 35.7 Å². The molecule has 150 valence electrons. The number of carbonyl (C=O) groups is 2. The molecule has 0 spiro atoms. The fourth-order valence-electron chi connectivity index (χ4n) is 2.83. The summed E-state index contributed by atoms with van der Waals surface area (Å²) in [5.41, 5.74) is 1.31. The molecule has 0 saturated heterocycles. The first-order valence-electron chi connectivity index (χ1n) is 9.56. The van der Waals surface area contributed by atoms with Crippen LogP contribution in [-0.2, 0) is 11.2 Å². The second-order valence-corrected chi connectivity index (χ2v) is 6.72. The fraction of sp³-hybridized carbons (Fsp3) is 0.364. The SMILES string of the molecule is CCCCNC(=O)[C@@H](O)[C@H](O)[C@H](Cc1ccccc1)NC(=O)c1ccccc1. The summed E-state index contributed by atoms with van der Waals surface area (Å²) >= 11 is 0. The Balaban J connectivity index is 2.12. The van der Waals surface area contributed by atoms with Gasteiger partial charge in [0.05, 0.1) is 6.04 Å². The van der Waals surface area contributed by atoms with E-state index in [0.717, 1.165) is 18.4 Å². The number of aliphatic hydroxyl groups excluding tert-OH is 2. The zero-order valence-corrected chi connectivity index (χ0v) is 16.0. The van der Waals surface area contributed by atoms with Crippen LogP contribution >= 0.6 is 0 Å². The van der Waals surface area contributed by atoms with Gasteiger partial charge in [-0.1, -0.05) is 61.9 Å². The predicted octanol–water partition coefficient (Wildman–Crippen LogP) is 1.67. The zero-order valence-electron chi connectivity index (χ0n) is 16.0. The van der Waals surface area contributed by atoms with Crippen LogP contribution in [0.5, 0.6) is 0 Å². The number of carbonyl (C=O) groups excluding carboxylic acids is 2. The first kappa shape index (κ1) is 21.6. The lowest BCUT2D eigenvalue weighted by Gasteiger charge is -2.27. The van der Waals surface area contributed by atoms with Crippen LogP contribution in [0.2, 0.25) is 0 Å². The van der Waals surface area contributed by atoms with E-state index in [-0.39, 0.29) is 12.3 Å². The number of unbranched alkanes of at least 4 members (excludes halogenated alkanes) is 1. The van der Waals surface area contributed by atoms with Crippen molar-refractivity contribution in [1.82, 2.24) is 10.6 Å². The van der Waals surface area contributed by atoms with Crippen molar-refractivity contribution >= 4 is 11.8 Å². The average Bonchev–Trinajstić information content (AvgIpc) is 2.73. The van der Waals surface area contributed by atoms with Crippen molar-refractivity contribution in [2.75, 3.05) is 6.54 Å². The summed E-state index contributed by atoms with van der Waals surface area (Å²) in [4.78, 5) is 24.7. The van der Waals surface area contributed by atoms with Gasteiger partial charge in [0, 0.05) is 12.1 Å². The van der Waals surface area contributed by atoms with Crippen LogP contribution in [0.25, 0.3) is 0 Å². The van der Waals surface area contributed by atoms with Crippen LogP contribution in [0.3, 0.4) is 0 Å². The number of benzene rings is 2. The Kier molecular flexibility index (Phi) is 8.65. The minimum Gasteiger partial charge on any atom is -0.388 e. The Hall–Kier alpha value is -2.70. The van der Waals surface area contributed by atoms with Crippen molar-refractivity contribution in [2.24, 2.45) is 0 Å². The van der Waals surface area contributed by atoms with E-state index in [1.54, 1.807) is 30.3 Å². The fourth-order valence-corrected chi connectivity index (χ4v) is 2.83. The quantitative estimate of drug-likeness (QED) is 0.468. The Bertz CT molecular complexity index is 737. The van der Waals surface area contributed by atoms with Crippen LogP contribution in [0.4, 0.5) is 0 Å². The molecule has 0 heterocycles. The minimum atomic E-state index is -1.64. The van der Waals surface area contributed by atoms with Gasteiger partial charge in [0.25, 0.3) is 11.8 Å². The number of rotatable bonds is 10. The van der Waals surface area contributed by atoms with Gasteiger partial charge in [0.15, 0.2) is 6.10 Å². The van der Waals surface area contributed by atoms with Crippen LogP contribution < -0.4 is 10.6 Å². The highest BCUT2D eigenvalue weighted by atomic mass is 16.3. The van der Waals surface area contributed by atoms with E-state index in [1.165, 1.54) is 0 Å². The third-order valence-electron chi connectivity index (χ3n) is 4.48. The molecule has 0 aliphatic carbocycles. The van der Waals surface area contributed by atoms with Crippen molar-refractivity contribution < 1.29 is 19.8 Å². The van der Waals surface area contributed by atoms with Crippen molar-refractivity contribution in [1.29, 1.82) is 0 Å². The third-order valence-corrected chi connectivity index (χ3v) is 4.48. The van der Waals surface area contributed by atoms with E-state index in [1.807, 2.05) is 37.3 Å². The Labute approximate surface area is 165 Å². The molecule has 3 atom stereocenters. The van der Waals surface area contributed by atoms with Crippen LogP contribution in [0.15, 0.2) is 60.7 Å². The highest BCUT2D eigenvalue weighted by Crippen LogP contribution is 2.11. The first-order chi connectivity index (χ1) is 13.5. The highest BCUT2D eigenvalue weighted by Gasteiger charge is 2.32. The zero-order chi connectivity index (χ0) is 20.4. The molecule has 0 aliphatic rings. The Morgan fingerprint density at radius 1 is 0.964 bits per heavy atom. The second kappa shape index (κ2) is 11.2. The molecule has 0 aliphatic heterocycles. The number of amides is 2. The monoisotopic (exact) mass is 384 g/mol. The topological polar surface area (TPSA) is 98.7 Å². The molecule has 6 nitrogen and oxygen atoms in total. The summed E-state index contributed by atoms with van der Waals surface area (Å²) in [5.74, 6) is -1.02. The van der Waals surface area contributed by atoms with Crippen molar-refractivity contribution in [2.45, 2.75) is 44.4 Å². The number of aliphatic hydroxyl groups is 2. The molecule has 0 aromatic heterocycles. The van der Waals surface area contributed by atoms with E-state index >= 15 is 0 Å². The average molecular weight is 384 g/mol. The summed E-state index contributed by atoms with van der Waals surface area (Å²) in [6.07, 6.45) is -1.12. The standard InChI is InChI=1S/C22H28N2O4/c1-2-3-14-23-22(28)20(26)19(25)18(15-16-10-6-4-7-11-16)24-21(27)17-12-8-5-9-13-17/h4-13,18-20,25-26H,2-3,14-15H2,1H3,(H,23,28)(H,24,27)/t18-,19+,20-/m0/s1. The Morgan fingerprint density at radius 2 is 1.57 bits per heavy atom. The van der Waals surface area contributed by atoms with Crippen molar-refractivity contribution in [3.63, 3.8) is 0 Å². The molecule has 2 aromatic rings. The molecule has 0 radical (unpaired) electrons. The van der Waals surface area contributed by atoms with Gasteiger partial charge >= 0.3 is 0 Å². The molecule has 2 aromatic carbocycles. The lowest BCUT2D eigenvalue weighted by molar-refractivity contribution is -0.136. The summed E-state index contributed by atoms with van der Waals surface area (Å²) in [5, 5.41) is 26.3. The maximum Gasteiger partial charge on any atom is 0.251 e. The summed E-state index contributed by atoms with van der Waals surface area (Å²) < 4.78 is 0. The predicted molar refractivity (Wildman–Crippen MR) is 108 cm³/mol. The van der Waals surface area contributed by atoms with E-state index in [2.05, 4.69) is 10.6 Å². The maximum atomic E-state index is 12.5. The number of nitrogens with one attached hydrogen (secondary N) is 2. The third kappa shape index (κ3) is 6.48. The molecule has 6 heteroatoms. The molecular formula is C22H28N2O4. The second-order valence-electron chi connectivity index (χ2n) is 6.72. The van der Waals surface area contributed by atoms with E-state index in [4.69, 9.17) is 0 Å². The van der Waals surface area contributed by atoms with Crippen LogP contribution in [-0.4, -0.2) is 46.8 Å². The first-order valence-corrected chi connectivity index (χ1v) is 9.56. The molecule has 0 unspecified atom stereocenters. The largest absolute Gasteiger partial charge is 0.388 e. The normalized spacial score (nSPS) is 14.0. The Morgan fingerprint density at radius 3 is 2.18 bits per heavy atom. The molecule has 2 rings (SSSR count). The van der Waals surface area contributed by atoms with Crippen molar-refractivity contribution in [3.05, 3.63) is 71.8 Å². The molecule has 28 heavy (non-hydrogen) atoms.